The molecule has 0 unspecified atom stereocenters. The van der Waals surface area contributed by atoms with E-state index in [4.69, 9.17) is 11.8 Å². The van der Waals surface area contributed by atoms with Crippen LogP contribution < -0.4 is 0 Å². The summed E-state index contributed by atoms with van der Waals surface area (Å²) >= 11 is 0. The fourth-order valence-electron chi connectivity index (χ4n) is 0. The van der Waals surface area contributed by atoms with Gasteiger partial charge in [-0.15, -0.1) is 0 Å². The van der Waals surface area contributed by atoms with Gasteiger partial charge in [-0.3, -0.25) is 0 Å². The molecular formula is CH2AgAlFeN-. The Balaban J connectivity index is -0.00000000167. The second-order valence-corrected chi connectivity index (χ2v) is 0. The molecule has 34 valence electrons. The van der Waals surface area contributed by atoms with Gasteiger partial charge in [0.05, 0.1) is 0 Å². The summed E-state index contributed by atoms with van der Waals surface area (Å²) in [7, 11) is 0. The number of rotatable bonds is 0. The van der Waals surface area contributed by atoms with Gasteiger partial charge in [0.25, 0.3) is 0 Å². The van der Waals surface area contributed by atoms with Gasteiger partial charge in [-0.1, -0.05) is 0 Å². The number of hydrogen-bond donors (Lipinski definition) is 0. The first kappa shape index (κ1) is 33.7. The molecule has 0 saturated heterocycles. The molecule has 4 heteroatoms. The minimum Gasteiger partial charge on any atom is -0.512 e. The van der Waals surface area contributed by atoms with E-state index < -0.39 is 0 Å². The topological polar surface area (TPSA) is 23.8 Å². The van der Waals surface area contributed by atoms with Crippen LogP contribution in [0.5, 0.6) is 0 Å². The SMILES string of the molecule is [Ag].[AlH2].[C-]#N.[Fe]. The molecule has 0 spiro atoms. The quantitative estimate of drug-likeness (QED) is 0.385. The first-order valence-corrected chi connectivity index (χ1v) is 0.224. The predicted octanol–water partition coefficient (Wildman–Crippen LogP) is -0.825. The molecule has 0 aliphatic carbocycles. The van der Waals surface area contributed by atoms with Gasteiger partial charge in [-0.2, -0.15) is 0 Å². The zero-order chi connectivity index (χ0) is 2.00. The van der Waals surface area contributed by atoms with Crippen molar-refractivity contribution in [3.8, 4) is 0 Å². The first-order chi connectivity index (χ1) is 1.00. The van der Waals surface area contributed by atoms with Gasteiger partial charge in [0.1, 0.15) is 17.4 Å². The molecule has 0 bridgehead atoms. The van der Waals surface area contributed by atoms with E-state index in [2.05, 4.69) is 0 Å². The van der Waals surface area contributed by atoms with Gasteiger partial charge in [0.15, 0.2) is 0 Å². The smallest absolute Gasteiger partial charge is 0.146 e. The van der Waals surface area contributed by atoms with E-state index in [9.17, 15) is 0 Å². The Hall–Kier alpha value is 1.28. The summed E-state index contributed by atoms with van der Waals surface area (Å²) in [5.41, 5.74) is 0. The second-order valence-electron chi connectivity index (χ2n) is 0. The third kappa shape index (κ3) is 34.6. The summed E-state index contributed by atoms with van der Waals surface area (Å²) in [6.45, 7) is 4.75. The molecule has 2 radical (unpaired) electrons. The second kappa shape index (κ2) is 58.9. The van der Waals surface area contributed by atoms with E-state index in [1.807, 2.05) is 0 Å². The van der Waals surface area contributed by atoms with Crippen molar-refractivity contribution in [3.63, 3.8) is 0 Å². The fraction of sp³-hybridized carbons (Fsp3) is 0. The molecule has 1 nitrogen and oxygen atoms in total. The van der Waals surface area contributed by atoms with Crippen LogP contribution in [0.1, 0.15) is 0 Å². The average molecular weight is 219 g/mol. The maximum absolute atomic E-state index is 6.25. The van der Waals surface area contributed by atoms with E-state index in [-0.39, 0.29) is 56.8 Å². The fourth-order valence-corrected chi connectivity index (χ4v) is 0. The van der Waals surface area contributed by atoms with Crippen molar-refractivity contribution < 1.29 is 39.4 Å². The van der Waals surface area contributed by atoms with Crippen molar-refractivity contribution in [2.75, 3.05) is 0 Å². The van der Waals surface area contributed by atoms with Gasteiger partial charge >= 0.3 is 0 Å². The molecule has 0 heterocycles. The molecule has 0 N–H and O–H groups in total. The van der Waals surface area contributed by atoms with Gasteiger partial charge < -0.3 is 11.8 Å². The van der Waals surface area contributed by atoms with Crippen LogP contribution in [0.3, 0.4) is 0 Å². The van der Waals surface area contributed by atoms with Crippen molar-refractivity contribution >= 4 is 17.4 Å². The van der Waals surface area contributed by atoms with Crippen LogP contribution in [0.4, 0.5) is 0 Å². The van der Waals surface area contributed by atoms with Crippen LogP contribution in [0.25, 0.3) is 0 Å². The van der Waals surface area contributed by atoms with Crippen molar-refractivity contribution in [3.05, 3.63) is 6.57 Å². The monoisotopic (exact) mass is 218 g/mol. The molecule has 0 fully saturated rings. The number of nitrogens with zero attached hydrogens (tertiary/aromatic N) is 1. The summed E-state index contributed by atoms with van der Waals surface area (Å²) in [6.07, 6.45) is 0. The van der Waals surface area contributed by atoms with E-state index >= 15 is 0 Å². The molecule has 0 rings (SSSR count). The molecule has 0 aromatic carbocycles. The number of hydrogen-bond acceptors (Lipinski definition) is 1. The Morgan fingerprint density at radius 2 is 1.20 bits per heavy atom. The molecule has 0 atom stereocenters. The van der Waals surface area contributed by atoms with E-state index in [1.54, 1.807) is 0 Å². The van der Waals surface area contributed by atoms with Crippen molar-refractivity contribution in [1.82, 2.24) is 0 Å². The van der Waals surface area contributed by atoms with Crippen LogP contribution in [0.2, 0.25) is 0 Å². The summed E-state index contributed by atoms with van der Waals surface area (Å²) in [5, 5.41) is 6.25. The van der Waals surface area contributed by atoms with Gasteiger partial charge in [-0.05, 0) is 0 Å². The largest absolute Gasteiger partial charge is 0.512 e. The Morgan fingerprint density at radius 1 is 1.20 bits per heavy atom. The summed E-state index contributed by atoms with van der Waals surface area (Å²) in [4.78, 5) is 0. The molecule has 0 amide bonds. The van der Waals surface area contributed by atoms with Crippen molar-refractivity contribution in [2.45, 2.75) is 0 Å². The molecular weight excluding hydrogens is 217 g/mol. The standard InChI is InChI=1S/CN.Ag.Al.Fe.2H/c1-2;;;;;/q-1;;;;;. The van der Waals surface area contributed by atoms with Crippen LogP contribution in [-0.2, 0) is 39.4 Å². The molecule has 0 aromatic rings. The molecule has 0 aliphatic rings. The third-order valence-electron chi connectivity index (χ3n) is 0. The summed E-state index contributed by atoms with van der Waals surface area (Å²) < 4.78 is 0. The van der Waals surface area contributed by atoms with Crippen molar-refractivity contribution in [2.24, 2.45) is 0 Å². The molecule has 0 saturated carbocycles. The average Bonchev–Trinajstić information content (AvgIpc) is 1.00. The van der Waals surface area contributed by atoms with Gasteiger partial charge in [-0.25, -0.2) is 0 Å². The van der Waals surface area contributed by atoms with Crippen LogP contribution in [0.15, 0.2) is 0 Å². The summed E-state index contributed by atoms with van der Waals surface area (Å²) in [6, 6.07) is 0. The first-order valence-electron chi connectivity index (χ1n) is 0.224. The van der Waals surface area contributed by atoms with Crippen molar-refractivity contribution in [1.29, 1.82) is 5.26 Å². The Kier molecular flexibility index (Phi) is 397. The minimum atomic E-state index is 0. The molecule has 0 aliphatic heterocycles. The Morgan fingerprint density at radius 3 is 1.20 bits per heavy atom. The van der Waals surface area contributed by atoms with E-state index in [0.29, 0.717) is 0 Å². The van der Waals surface area contributed by atoms with Crippen LogP contribution in [-0.4, -0.2) is 17.4 Å². The van der Waals surface area contributed by atoms with Crippen LogP contribution >= 0.6 is 0 Å². The van der Waals surface area contributed by atoms with E-state index in [1.165, 1.54) is 0 Å². The maximum atomic E-state index is 6.25. The van der Waals surface area contributed by atoms with Gasteiger partial charge in [0.2, 0.25) is 0 Å². The van der Waals surface area contributed by atoms with Crippen LogP contribution in [0, 0.1) is 11.8 Å². The van der Waals surface area contributed by atoms with E-state index in [0.717, 1.165) is 0 Å². The zero-order valence-corrected chi connectivity index (χ0v) is 7.19. The van der Waals surface area contributed by atoms with Gasteiger partial charge in [0, 0.05) is 39.4 Å². The summed E-state index contributed by atoms with van der Waals surface area (Å²) in [5.74, 6) is 0. The predicted molar refractivity (Wildman–Crippen MR) is 13.5 cm³/mol. The zero-order valence-electron chi connectivity index (χ0n) is 2.60. The Bertz CT molecular complexity index is 16.4. The minimum absolute atomic E-state index is 0. The Labute approximate surface area is 68.2 Å². The normalized spacial score (nSPS) is 0.400. The third-order valence-corrected chi connectivity index (χ3v) is 0. The maximum Gasteiger partial charge on any atom is 0.146 e. The molecule has 0 aromatic heterocycles. The molecule has 5 heavy (non-hydrogen) atoms.